The first-order valence-corrected chi connectivity index (χ1v) is 8.24. The Morgan fingerprint density at radius 3 is 2.91 bits per heavy atom. The second kappa shape index (κ2) is 7.43. The van der Waals surface area contributed by atoms with E-state index in [0.717, 1.165) is 49.3 Å². The molecule has 1 aliphatic heterocycles. The van der Waals surface area contributed by atoms with Gasteiger partial charge in [0.1, 0.15) is 0 Å². The van der Waals surface area contributed by atoms with Crippen molar-refractivity contribution in [2.75, 3.05) is 13.1 Å². The SMILES string of the molecule is CCCc1ncccc1/C(=C(\C)C(N)=O)N1CCCC(C)C1. The van der Waals surface area contributed by atoms with Crippen LogP contribution in [0.1, 0.15) is 51.3 Å². The van der Waals surface area contributed by atoms with Crippen LogP contribution < -0.4 is 5.73 Å². The van der Waals surface area contributed by atoms with Crippen LogP contribution in [0, 0.1) is 5.92 Å². The van der Waals surface area contributed by atoms with Gasteiger partial charge in [0.05, 0.1) is 5.70 Å². The fourth-order valence-corrected chi connectivity index (χ4v) is 3.21. The van der Waals surface area contributed by atoms with Crippen LogP contribution in [0.5, 0.6) is 0 Å². The van der Waals surface area contributed by atoms with Crippen LogP contribution in [-0.4, -0.2) is 28.9 Å². The molecule has 0 bridgehead atoms. The highest BCUT2D eigenvalue weighted by atomic mass is 16.1. The number of aryl methyl sites for hydroxylation is 1. The zero-order valence-electron chi connectivity index (χ0n) is 13.9. The Hall–Kier alpha value is -1.84. The van der Waals surface area contributed by atoms with Gasteiger partial charge < -0.3 is 10.6 Å². The summed E-state index contributed by atoms with van der Waals surface area (Å²) in [5.41, 5.74) is 9.34. The Labute approximate surface area is 133 Å². The van der Waals surface area contributed by atoms with Crippen molar-refractivity contribution in [3.63, 3.8) is 0 Å². The van der Waals surface area contributed by atoms with Gasteiger partial charge >= 0.3 is 0 Å². The van der Waals surface area contributed by atoms with Crippen LogP contribution in [0.25, 0.3) is 5.70 Å². The standard InChI is InChI=1S/C18H27N3O/c1-4-7-16-15(9-5-10-20-16)17(14(3)18(19)22)21-11-6-8-13(2)12-21/h5,9-10,13H,4,6-8,11-12H2,1-3H3,(H2,19,22)/b17-14-. The first-order valence-electron chi connectivity index (χ1n) is 8.24. The molecule has 0 spiro atoms. The molecule has 4 heteroatoms. The van der Waals surface area contributed by atoms with Crippen LogP contribution in [-0.2, 0) is 11.2 Å². The topological polar surface area (TPSA) is 59.2 Å². The second-order valence-corrected chi connectivity index (χ2v) is 6.28. The van der Waals surface area contributed by atoms with Crippen molar-refractivity contribution in [3.8, 4) is 0 Å². The third-order valence-corrected chi connectivity index (χ3v) is 4.33. The lowest BCUT2D eigenvalue weighted by Crippen LogP contribution is -2.35. The Kier molecular flexibility index (Phi) is 5.58. The van der Waals surface area contributed by atoms with Gasteiger partial charge in [0.2, 0.25) is 5.91 Å². The van der Waals surface area contributed by atoms with Crippen LogP contribution >= 0.6 is 0 Å². The number of pyridine rings is 1. The molecule has 1 atom stereocenters. The van der Waals surface area contributed by atoms with Gasteiger partial charge in [0.25, 0.3) is 0 Å². The number of carbonyl (C=O) groups excluding carboxylic acids is 1. The van der Waals surface area contributed by atoms with Crippen LogP contribution in [0.3, 0.4) is 0 Å². The highest BCUT2D eigenvalue weighted by Gasteiger charge is 2.24. The van der Waals surface area contributed by atoms with Crippen molar-refractivity contribution in [2.45, 2.75) is 46.5 Å². The van der Waals surface area contributed by atoms with Crippen LogP contribution in [0.15, 0.2) is 23.9 Å². The number of nitrogens with two attached hydrogens (primary N) is 1. The normalized spacial score (nSPS) is 19.8. The lowest BCUT2D eigenvalue weighted by Gasteiger charge is -2.36. The van der Waals surface area contributed by atoms with Gasteiger partial charge in [-0.1, -0.05) is 20.3 Å². The summed E-state index contributed by atoms with van der Waals surface area (Å²) < 4.78 is 0. The average molecular weight is 301 g/mol. The van der Waals surface area contributed by atoms with Gasteiger partial charge in [-0.15, -0.1) is 0 Å². The Morgan fingerprint density at radius 2 is 2.27 bits per heavy atom. The van der Waals surface area contributed by atoms with Crippen molar-refractivity contribution >= 4 is 11.6 Å². The maximum atomic E-state index is 11.8. The number of piperidine rings is 1. The third-order valence-electron chi connectivity index (χ3n) is 4.33. The van der Waals surface area contributed by atoms with Gasteiger partial charge in [-0.25, -0.2) is 0 Å². The van der Waals surface area contributed by atoms with Gasteiger partial charge in [-0.05, 0) is 44.2 Å². The van der Waals surface area contributed by atoms with Gasteiger partial charge in [-0.3, -0.25) is 9.78 Å². The number of amides is 1. The summed E-state index contributed by atoms with van der Waals surface area (Å²) in [4.78, 5) is 18.7. The number of nitrogens with zero attached hydrogens (tertiary/aromatic N) is 2. The minimum Gasteiger partial charge on any atom is -0.370 e. The summed E-state index contributed by atoms with van der Waals surface area (Å²) in [5.74, 6) is 0.287. The van der Waals surface area contributed by atoms with Crippen molar-refractivity contribution in [3.05, 3.63) is 35.2 Å². The monoisotopic (exact) mass is 301 g/mol. The molecule has 0 aliphatic carbocycles. The minimum atomic E-state index is -0.348. The van der Waals surface area contributed by atoms with E-state index in [0.29, 0.717) is 11.5 Å². The van der Waals surface area contributed by atoms with Crippen LogP contribution in [0.4, 0.5) is 0 Å². The van der Waals surface area contributed by atoms with E-state index in [1.54, 1.807) is 0 Å². The maximum Gasteiger partial charge on any atom is 0.246 e. The summed E-state index contributed by atoms with van der Waals surface area (Å²) in [6, 6.07) is 4.01. The maximum absolute atomic E-state index is 11.8. The molecule has 1 aromatic heterocycles. The number of rotatable bonds is 5. The smallest absolute Gasteiger partial charge is 0.246 e. The molecule has 0 saturated carbocycles. The molecule has 0 aromatic carbocycles. The fourth-order valence-electron chi connectivity index (χ4n) is 3.21. The molecule has 1 unspecified atom stereocenters. The summed E-state index contributed by atoms with van der Waals surface area (Å²) in [6.07, 6.45) is 6.16. The minimum absolute atomic E-state index is 0.348. The summed E-state index contributed by atoms with van der Waals surface area (Å²) >= 11 is 0. The molecular weight excluding hydrogens is 274 g/mol. The Bertz CT molecular complexity index is 565. The molecule has 1 aromatic rings. The lowest BCUT2D eigenvalue weighted by atomic mass is 9.95. The fraction of sp³-hybridized carbons (Fsp3) is 0.556. The number of aromatic nitrogens is 1. The summed E-state index contributed by atoms with van der Waals surface area (Å²) in [5, 5.41) is 0. The van der Waals surface area contributed by atoms with E-state index in [4.69, 9.17) is 5.73 Å². The highest BCUT2D eigenvalue weighted by Crippen LogP contribution is 2.30. The molecule has 1 aliphatic rings. The molecule has 2 heterocycles. The van der Waals surface area contributed by atoms with Gasteiger partial charge in [0.15, 0.2) is 0 Å². The molecule has 1 amide bonds. The van der Waals surface area contributed by atoms with E-state index in [1.807, 2.05) is 19.2 Å². The number of hydrogen-bond acceptors (Lipinski definition) is 3. The summed E-state index contributed by atoms with van der Waals surface area (Å²) in [7, 11) is 0. The zero-order chi connectivity index (χ0) is 16.1. The summed E-state index contributed by atoms with van der Waals surface area (Å²) in [6.45, 7) is 8.19. The lowest BCUT2D eigenvalue weighted by molar-refractivity contribution is -0.114. The van der Waals surface area contributed by atoms with Gasteiger partial charge in [0, 0.05) is 36.1 Å². The van der Waals surface area contributed by atoms with Crippen molar-refractivity contribution in [2.24, 2.45) is 11.7 Å². The molecule has 2 N–H and O–H groups in total. The number of primary amides is 1. The highest BCUT2D eigenvalue weighted by molar-refractivity contribution is 5.99. The molecular formula is C18H27N3O. The van der Waals surface area contributed by atoms with E-state index in [-0.39, 0.29) is 5.91 Å². The quantitative estimate of drug-likeness (QED) is 0.851. The van der Waals surface area contributed by atoms with Crippen LogP contribution in [0.2, 0.25) is 0 Å². The molecule has 1 saturated heterocycles. The molecule has 0 radical (unpaired) electrons. The van der Waals surface area contributed by atoms with Crippen molar-refractivity contribution in [1.29, 1.82) is 0 Å². The van der Waals surface area contributed by atoms with Crippen molar-refractivity contribution in [1.82, 2.24) is 9.88 Å². The predicted octanol–water partition coefficient (Wildman–Crippen LogP) is 2.98. The predicted molar refractivity (Wildman–Crippen MR) is 90.0 cm³/mol. The molecule has 120 valence electrons. The Morgan fingerprint density at radius 1 is 1.50 bits per heavy atom. The third kappa shape index (κ3) is 3.67. The van der Waals surface area contributed by atoms with E-state index in [2.05, 4.69) is 29.8 Å². The number of carbonyl (C=O) groups is 1. The average Bonchev–Trinajstić information content (AvgIpc) is 2.49. The molecule has 2 rings (SSSR count). The van der Waals surface area contributed by atoms with E-state index in [9.17, 15) is 4.79 Å². The second-order valence-electron chi connectivity index (χ2n) is 6.28. The molecule has 1 fully saturated rings. The zero-order valence-corrected chi connectivity index (χ0v) is 13.9. The Balaban J connectivity index is 2.50. The first kappa shape index (κ1) is 16.5. The number of hydrogen-bond donors (Lipinski definition) is 1. The molecule has 22 heavy (non-hydrogen) atoms. The number of likely N-dealkylation sites (tertiary alicyclic amines) is 1. The van der Waals surface area contributed by atoms with E-state index in [1.165, 1.54) is 6.42 Å². The van der Waals surface area contributed by atoms with Gasteiger partial charge in [-0.2, -0.15) is 0 Å². The van der Waals surface area contributed by atoms with Crippen molar-refractivity contribution < 1.29 is 4.79 Å². The molecule has 4 nitrogen and oxygen atoms in total. The largest absolute Gasteiger partial charge is 0.370 e. The first-order chi connectivity index (χ1) is 10.5. The van der Waals surface area contributed by atoms with E-state index >= 15 is 0 Å². The van der Waals surface area contributed by atoms with E-state index < -0.39 is 0 Å².